The molecule has 0 aliphatic rings. The molecule has 1 heterocycles. The molecule has 2 aromatic carbocycles. The number of hydrogen-bond donors (Lipinski definition) is 2. The van der Waals surface area contributed by atoms with Gasteiger partial charge in [-0.2, -0.15) is 0 Å². The van der Waals surface area contributed by atoms with Crippen LogP contribution in [0.2, 0.25) is 0 Å². The minimum atomic E-state index is -0.738. The van der Waals surface area contributed by atoms with E-state index in [1.807, 2.05) is 0 Å². The van der Waals surface area contributed by atoms with E-state index in [9.17, 15) is 13.6 Å². The summed E-state index contributed by atoms with van der Waals surface area (Å²) in [6, 6.07) is 11.6. The van der Waals surface area contributed by atoms with Crippen LogP contribution in [-0.4, -0.2) is 18.0 Å². The Hall–Kier alpha value is -3.48. The quantitative estimate of drug-likeness (QED) is 0.714. The van der Waals surface area contributed by atoms with Crippen molar-refractivity contribution in [1.29, 1.82) is 0 Å². The molecule has 132 valence electrons. The molecule has 5 nitrogen and oxygen atoms in total. The van der Waals surface area contributed by atoms with Gasteiger partial charge in [-0.25, -0.2) is 8.78 Å². The Morgan fingerprint density at radius 2 is 1.77 bits per heavy atom. The zero-order valence-corrected chi connectivity index (χ0v) is 13.8. The van der Waals surface area contributed by atoms with Gasteiger partial charge in [-0.3, -0.25) is 9.78 Å². The van der Waals surface area contributed by atoms with E-state index < -0.39 is 11.6 Å². The molecule has 0 aliphatic heterocycles. The Kier molecular flexibility index (Phi) is 5.07. The zero-order valence-electron chi connectivity index (χ0n) is 13.8. The molecular weight excluding hydrogens is 340 g/mol. The van der Waals surface area contributed by atoms with E-state index in [0.29, 0.717) is 17.1 Å². The highest BCUT2D eigenvalue weighted by Gasteiger charge is 2.09. The molecule has 0 bridgehead atoms. The predicted octanol–water partition coefficient (Wildman–Crippen LogP) is 4.36. The van der Waals surface area contributed by atoms with Crippen LogP contribution < -0.4 is 15.4 Å². The second-order valence-corrected chi connectivity index (χ2v) is 5.39. The maximum atomic E-state index is 13.7. The lowest BCUT2D eigenvalue weighted by Crippen LogP contribution is -2.12. The minimum absolute atomic E-state index is 0.0842. The van der Waals surface area contributed by atoms with Crippen molar-refractivity contribution < 1.29 is 18.3 Å². The molecule has 3 aromatic rings. The van der Waals surface area contributed by atoms with Crippen LogP contribution in [0.5, 0.6) is 5.75 Å². The van der Waals surface area contributed by atoms with Gasteiger partial charge < -0.3 is 15.4 Å². The van der Waals surface area contributed by atoms with Crippen molar-refractivity contribution in [2.75, 3.05) is 17.7 Å². The number of anilines is 3. The van der Waals surface area contributed by atoms with Crippen LogP contribution in [0.1, 0.15) is 10.4 Å². The number of benzene rings is 2. The van der Waals surface area contributed by atoms with Gasteiger partial charge in [-0.15, -0.1) is 0 Å². The molecule has 26 heavy (non-hydrogen) atoms. The van der Waals surface area contributed by atoms with E-state index >= 15 is 0 Å². The van der Waals surface area contributed by atoms with Crippen molar-refractivity contribution >= 4 is 23.0 Å². The van der Waals surface area contributed by atoms with E-state index in [1.54, 1.807) is 31.4 Å². The summed E-state index contributed by atoms with van der Waals surface area (Å²) in [5.74, 6) is -1.10. The molecule has 0 saturated heterocycles. The number of nitrogens with one attached hydrogen (secondary N) is 2. The van der Waals surface area contributed by atoms with Gasteiger partial charge in [-0.05, 0) is 42.5 Å². The number of nitrogens with zero attached hydrogens (tertiary/aromatic N) is 1. The van der Waals surface area contributed by atoms with Crippen molar-refractivity contribution in [3.8, 4) is 5.75 Å². The number of halogens is 2. The normalized spacial score (nSPS) is 10.3. The number of carbonyl (C=O) groups excluding carboxylic acids is 1. The van der Waals surface area contributed by atoms with Gasteiger partial charge in [0.2, 0.25) is 0 Å². The topological polar surface area (TPSA) is 63.2 Å². The van der Waals surface area contributed by atoms with Gasteiger partial charge in [0.1, 0.15) is 17.4 Å². The Morgan fingerprint density at radius 3 is 2.46 bits per heavy atom. The lowest BCUT2D eigenvalue weighted by atomic mass is 10.2. The fourth-order valence-corrected chi connectivity index (χ4v) is 2.26. The largest absolute Gasteiger partial charge is 0.497 e. The average molecular weight is 355 g/mol. The summed E-state index contributed by atoms with van der Waals surface area (Å²) in [6.45, 7) is 0. The summed E-state index contributed by atoms with van der Waals surface area (Å²) in [6.07, 6.45) is 2.83. The Morgan fingerprint density at radius 1 is 1.00 bits per heavy atom. The first-order valence-corrected chi connectivity index (χ1v) is 7.67. The summed E-state index contributed by atoms with van der Waals surface area (Å²) in [5, 5.41) is 5.51. The number of aromatic nitrogens is 1. The van der Waals surface area contributed by atoms with Gasteiger partial charge in [0, 0.05) is 18.0 Å². The molecule has 0 atom stereocenters. The van der Waals surface area contributed by atoms with Crippen molar-refractivity contribution in [1.82, 2.24) is 4.98 Å². The highest BCUT2D eigenvalue weighted by molar-refractivity contribution is 6.04. The molecule has 1 amide bonds. The lowest BCUT2D eigenvalue weighted by Gasteiger charge is -2.10. The van der Waals surface area contributed by atoms with Gasteiger partial charge in [0.05, 0.1) is 30.2 Å². The first-order valence-electron chi connectivity index (χ1n) is 7.67. The summed E-state index contributed by atoms with van der Waals surface area (Å²) in [7, 11) is 1.56. The average Bonchev–Trinajstić information content (AvgIpc) is 2.65. The second-order valence-electron chi connectivity index (χ2n) is 5.39. The highest BCUT2D eigenvalue weighted by atomic mass is 19.1. The summed E-state index contributed by atoms with van der Waals surface area (Å²) < 4.78 is 31.8. The predicted molar refractivity (Wildman–Crippen MR) is 94.8 cm³/mol. The molecule has 2 N–H and O–H groups in total. The molecule has 0 spiro atoms. The third-order valence-corrected chi connectivity index (χ3v) is 3.56. The SMILES string of the molecule is COc1ccc(NC(=O)c2cncc(Nc3ccc(F)cc3F)c2)cc1. The fourth-order valence-electron chi connectivity index (χ4n) is 2.26. The van der Waals surface area contributed by atoms with Crippen molar-refractivity contribution in [3.63, 3.8) is 0 Å². The van der Waals surface area contributed by atoms with E-state index in [0.717, 1.165) is 12.1 Å². The molecule has 0 radical (unpaired) electrons. The number of ether oxygens (including phenoxy) is 1. The smallest absolute Gasteiger partial charge is 0.257 e. The molecule has 0 fully saturated rings. The highest BCUT2D eigenvalue weighted by Crippen LogP contribution is 2.21. The minimum Gasteiger partial charge on any atom is -0.497 e. The van der Waals surface area contributed by atoms with Crippen LogP contribution in [0.25, 0.3) is 0 Å². The first-order chi connectivity index (χ1) is 12.5. The molecule has 0 aliphatic carbocycles. The van der Waals surface area contributed by atoms with Crippen LogP contribution in [0.3, 0.4) is 0 Å². The fraction of sp³-hybridized carbons (Fsp3) is 0.0526. The van der Waals surface area contributed by atoms with E-state index in [1.165, 1.54) is 24.5 Å². The summed E-state index contributed by atoms with van der Waals surface area (Å²) >= 11 is 0. The lowest BCUT2D eigenvalue weighted by molar-refractivity contribution is 0.102. The molecule has 1 aromatic heterocycles. The number of methoxy groups -OCH3 is 1. The van der Waals surface area contributed by atoms with Gasteiger partial charge in [0.25, 0.3) is 5.91 Å². The molecule has 0 unspecified atom stereocenters. The summed E-state index contributed by atoms with van der Waals surface area (Å²) in [5.41, 5.74) is 1.37. The van der Waals surface area contributed by atoms with Crippen molar-refractivity contribution in [2.45, 2.75) is 0 Å². The van der Waals surface area contributed by atoms with Crippen molar-refractivity contribution in [3.05, 3.63) is 78.1 Å². The Labute approximate surface area is 148 Å². The van der Waals surface area contributed by atoms with E-state index in [-0.39, 0.29) is 17.2 Å². The molecular formula is C19H15F2N3O2. The van der Waals surface area contributed by atoms with Crippen LogP contribution in [0.4, 0.5) is 25.8 Å². The third kappa shape index (κ3) is 4.13. The van der Waals surface area contributed by atoms with Gasteiger partial charge >= 0.3 is 0 Å². The Balaban J connectivity index is 1.74. The van der Waals surface area contributed by atoms with E-state index in [2.05, 4.69) is 15.6 Å². The maximum absolute atomic E-state index is 13.7. The molecule has 3 rings (SSSR count). The third-order valence-electron chi connectivity index (χ3n) is 3.56. The molecule has 0 saturated carbocycles. The van der Waals surface area contributed by atoms with Crippen LogP contribution in [0, 0.1) is 11.6 Å². The summed E-state index contributed by atoms with van der Waals surface area (Å²) in [4.78, 5) is 16.3. The van der Waals surface area contributed by atoms with Gasteiger partial charge in [-0.1, -0.05) is 0 Å². The first kappa shape index (κ1) is 17.3. The van der Waals surface area contributed by atoms with Crippen LogP contribution in [-0.2, 0) is 0 Å². The second kappa shape index (κ2) is 7.60. The Bertz CT molecular complexity index is 930. The number of pyridine rings is 1. The standard InChI is InChI=1S/C19H15F2N3O2/c1-26-16-5-3-14(4-6-16)24-19(25)12-8-15(11-22-10-12)23-18-7-2-13(20)9-17(18)21/h2-11,23H,1H3,(H,24,25). The van der Waals surface area contributed by atoms with E-state index in [4.69, 9.17) is 4.74 Å². The molecule has 7 heteroatoms. The van der Waals surface area contributed by atoms with Crippen molar-refractivity contribution in [2.24, 2.45) is 0 Å². The number of carbonyl (C=O) groups is 1. The van der Waals surface area contributed by atoms with Crippen LogP contribution >= 0.6 is 0 Å². The number of hydrogen-bond acceptors (Lipinski definition) is 4. The van der Waals surface area contributed by atoms with Crippen LogP contribution in [0.15, 0.2) is 60.9 Å². The monoisotopic (exact) mass is 355 g/mol. The maximum Gasteiger partial charge on any atom is 0.257 e. The zero-order chi connectivity index (χ0) is 18.5. The number of rotatable bonds is 5. The van der Waals surface area contributed by atoms with Gasteiger partial charge in [0.15, 0.2) is 0 Å². The number of amides is 1.